The molecule has 0 saturated carbocycles. The average molecular weight is 279 g/mol. The van der Waals surface area contributed by atoms with Crippen LogP contribution in [0.25, 0.3) is 0 Å². The molecule has 0 saturated heterocycles. The molecule has 4 nitrogen and oxygen atoms in total. The third-order valence-corrected chi connectivity index (χ3v) is 2.80. The quantitative estimate of drug-likeness (QED) is 0.780. The fourth-order valence-corrected chi connectivity index (χ4v) is 2.07. The zero-order valence-electron chi connectivity index (χ0n) is 13.1. The van der Waals surface area contributed by atoms with E-state index in [1.54, 1.807) is 0 Å². The van der Waals surface area contributed by atoms with E-state index >= 15 is 0 Å². The zero-order chi connectivity index (χ0) is 15.1. The Hall–Kier alpha value is -1.55. The molecule has 0 unspecified atom stereocenters. The van der Waals surface area contributed by atoms with E-state index in [0.717, 1.165) is 30.0 Å². The van der Waals surface area contributed by atoms with E-state index < -0.39 is 0 Å². The van der Waals surface area contributed by atoms with E-state index in [4.69, 9.17) is 9.47 Å². The smallest absolute Gasteiger partial charge is 0.344 e. The van der Waals surface area contributed by atoms with Gasteiger partial charge in [-0.3, -0.25) is 0 Å². The van der Waals surface area contributed by atoms with E-state index in [1.807, 2.05) is 27.7 Å². The number of benzene rings is 1. The van der Waals surface area contributed by atoms with Crippen LogP contribution in [0, 0.1) is 13.8 Å². The summed E-state index contributed by atoms with van der Waals surface area (Å²) in [5, 5.41) is 3.30. The van der Waals surface area contributed by atoms with Gasteiger partial charge in [-0.05, 0) is 50.9 Å². The van der Waals surface area contributed by atoms with Crippen LogP contribution < -0.4 is 10.1 Å². The second kappa shape index (κ2) is 7.90. The van der Waals surface area contributed by atoms with Crippen molar-refractivity contribution in [3.8, 4) is 5.75 Å². The highest BCUT2D eigenvalue weighted by Gasteiger charge is 2.11. The molecule has 20 heavy (non-hydrogen) atoms. The Morgan fingerprint density at radius 2 is 1.85 bits per heavy atom. The Morgan fingerprint density at radius 3 is 2.35 bits per heavy atom. The van der Waals surface area contributed by atoms with E-state index in [9.17, 15) is 4.79 Å². The Morgan fingerprint density at radius 1 is 1.25 bits per heavy atom. The normalized spacial score (nSPS) is 10.7. The van der Waals surface area contributed by atoms with E-state index in [1.165, 1.54) is 5.56 Å². The monoisotopic (exact) mass is 279 g/mol. The number of aryl methyl sites for hydroxylation is 2. The minimum absolute atomic E-state index is 0.0492. The number of rotatable bonds is 7. The molecule has 1 N–H and O–H groups in total. The summed E-state index contributed by atoms with van der Waals surface area (Å²) in [5.74, 6) is 0.432. The van der Waals surface area contributed by atoms with Gasteiger partial charge in [0.15, 0.2) is 6.61 Å². The number of carbonyl (C=O) groups excluding carboxylic acids is 1. The van der Waals surface area contributed by atoms with Crippen molar-refractivity contribution in [3.05, 3.63) is 28.8 Å². The molecule has 0 aliphatic carbocycles. The van der Waals surface area contributed by atoms with Gasteiger partial charge in [0.05, 0.1) is 6.10 Å². The molecule has 0 aliphatic rings. The molecule has 1 aromatic carbocycles. The summed E-state index contributed by atoms with van der Waals surface area (Å²) < 4.78 is 10.6. The Balaban J connectivity index is 2.69. The number of hydrogen-bond acceptors (Lipinski definition) is 4. The van der Waals surface area contributed by atoms with Gasteiger partial charge in [-0.2, -0.15) is 0 Å². The average Bonchev–Trinajstić information content (AvgIpc) is 2.34. The summed E-state index contributed by atoms with van der Waals surface area (Å²) in [6.45, 7) is 11.4. The lowest BCUT2D eigenvalue weighted by Crippen LogP contribution is -2.19. The lowest BCUT2D eigenvalue weighted by atomic mass is 10.1. The molecule has 0 spiro atoms. The van der Waals surface area contributed by atoms with E-state index in [-0.39, 0.29) is 18.7 Å². The first-order valence-electron chi connectivity index (χ1n) is 7.07. The standard InChI is InChI=1S/C16H25NO3/c1-6-17-9-14-7-12(4)16(13(5)8-14)19-10-15(18)20-11(2)3/h7-8,11,17H,6,9-10H2,1-5H3. The highest BCUT2D eigenvalue weighted by Crippen LogP contribution is 2.24. The summed E-state index contributed by atoms with van der Waals surface area (Å²) in [6, 6.07) is 4.16. The summed E-state index contributed by atoms with van der Waals surface area (Å²) >= 11 is 0. The molecule has 0 heterocycles. The van der Waals surface area contributed by atoms with Crippen molar-refractivity contribution in [2.24, 2.45) is 0 Å². The first-order valence-corrected chi connectivity index (χ1v) is 7.07. The molecule has 0 aromatic heterocycles. The van der Waals surface area contributed by atoms with Crippen molar-refractivity contribution in [1.82, 2.24) is 5.32 Å². The molecule has 0 fully saturated rings. The predicted octanol–water partition coefficient (Wildman–Crippen LogP) is 2.74. The van der Waals surface area contributed by atoms with Gasteiger partial charge in [0.25, 0.3) is 0 Å². The summed E-state index contributed by atoms with van der Waals surface area (Å²) in [6.07, 6.45) is -0.115. The number of ether oxygens (including phenoxy) is 2. The van der Waals surface area contributed by atoms with Crippen molar-refractivity contribution >= 4 is 5.97 Å². The third-order valence-electron chi connectivity index (χ3n) is 2.80. The maximum atomic E-state index is 11.5. The third kappa shape index (κ3) is 5.21. The van der Waals surface area contributed by atoms with Gasteiger partial charge in [0.2, 0.25) is 0 Å². The van der Waals surface area contributed by atoms with Crippen LogP contribution in [-0.4, -0.2) is 25.2 Å². The second-order valence-corrected chi connectivity index (χ2v) is 5.17. The van der Waals surface area contributed by atoms with E-state index in [2.05, 4.69) is 24.4 Å². The molecule has 1 aromatic rings. The largest absolute Gasteiger partial charge is 0.481 e. The first kappa shape index (κ1) is 16.5. The predicted molar refractivity (Wildman–Crippen MR) is 80.0 cm³/mol. The van der Waals surface area contributed by atoms with Gasteiger partial charge in [-0.1, -0.05) is 19.1 Å². The molecular formula is C16H25NO3. The minimum atomic E-state index is -0.337. The summed E-state index contributed by atoms with van der Waals surface area (Å²) in [7, 11) is 0. The van der Waals surface area contributed by atoms with Gasteiger partial charge in [0, 0.05) is 6.54 Å². The van der Waals surface area contributed by atoms with Gasteiger partial charge in [0.1, 0.15) is 5.75 Å². The number of nitrogens with one attached hydrogen (secondary N) is 1. The fourth-order valence-electron chi connectivity index (χ4n) is 2.07. The van der Waals surface area contributed by atoms with Crippen LogP contribution in [0.2, 0.25) is 0 Å². The van der Waals surface area contributed by atoms with Gasteiger partial charge < -0.3 is 14.8 Å². The van der Waals surface area contributed by atoms with Crippen LogP contribution in [0.5, 0.6) is 5.75 Å². The summed E-state index contributed by atoms with van der Waals surface area (Å²) in [5.41, 5.74) is 3.30. The van der Waals surface area contributed by atoms with Crippen molar-refractivity contribution in [1.29, 1.82) is 0 Å². The van der Waals surface area contributed by atoms with Crippen LogP contribution in [0.3, 0.4) is 0 Å². The van der Waals surface area contributed by atoms with Gasteiger partial charge in [-0.15, -0.1) is 0 Å². The molecule has 1 rings (SSSR count). The number of hydrogen-bond donors (Lipinski definition) is 1. The Kier molecular flexibility index (Phi) is 6.52. The van der Waals surface area contributed by atoms with Crippen LogP contribution in [-0.2, 0) is 16.1 Å². The van der Waals surface area contributed by atoms with Crippen LogP contribution >= 0.6 is 0 Å². The lowest BCUT2D eigenvalue weighted by Gasteiger charge is -2.14. The molecular weight excluding hydrogens is 254 g/mol. The Labute approximate surface area is 121 Å². The topological polar surface area (TPSA) is 47.6 Å². The van der Waals surface area contributed by atoms with Crippen LogP contribution in [0.4, 0.5) is 0 Å². The van der Waals surface area contributed by atoms with E-state index in [0.29, 0.717) is 0 Å². The van der Waals surface area contributed by atoms with Crippen molar-refractivity contribution < 1.29 is 14.3 Å². The van der Waals surface area contributed by atoms with Crippen molar-refractivity contribution in [2.75, 3.05) is 13.2 Å². The fraction of sp³-hybridized carbons (Fsp3) is 0.562. The molecule has 4 heteroatoms. The van der Waals surface area contributed by atoms with Crippen molar-refractivity contribution in [2.45, 2.75) is 47.3 Å². The van der Waals surface area contributed by atoms with Crippen LogP contribution in [0.15, 0.2) is 12.1 Å². The molecule has 0 amide bonds. The maximum Gasteiger partial charge on any atom is 0.344 e. The van der Waals surface area contributed by atoms with Gasteiger partial charge >= 0.3 is 5.97 Å². The van der Waals surface area contributed by atoms with Crippen molar-refractivity contribution in [3.63, 3.8) is 0 Å². The zero-order valence-corrected chi connectivity index (χ0v) is 13.1. The maximum absolute atomic E-state index is 11.5. The lowest BCUT2D eigenvalue weighted by molar-refractivity contribution is -0.149. The Bertz CT molecular complexity index is 432. The summed E-state index contributed by atoms with van der Waals surface area (Å²) in [4.78, 5) is 11.5. The minimum Gasteiger partial charge on any atom is -0.481 e. The van der Waals surface area contributed by atoms with Gasteiger partial charge in [-0.25, -0.2) is 4.79 Å². The molecule has 112 valence electrons. The highest BCUT2D eigenvalue weighted by molar-refractivity contribution is 5.71. The molecule has 0 atom stereocenters. The number of carbonyl (C=O) groups is 1. The highest BCUT2D eigenvalue weighted by atomic mass is 16.6. The number of esters is 1. The first-order chi connectivity index (χ1) is 9.43. The molecule has 0 aliphatic heterocycles. The SMILES string of the molecule is CCNCc1cc(C)c(OCC(=O)OC(C)C)c(C)c1. The molecule has 0 bridgehead atoms. The molecule has 0 radical (unpaired) electrons. The van der Waals surface area contributed by atoms with Crippen LogP contribution in [0.1, 0.15) is 37.5 Å². The second-order valence-electron chi connectivity index (χ2n) is 5.17.